The SMILES string of the molecule is CC1(C)OC2CC(CO)(COCc3ccccc3)OC2O1. The summed E-state index contributed by atoms with van der Waals surface area (Å²) in [6, 6.07) is 9.92. The zero-order valence-corrected chi connectivity index (χ0v) is 12.5. The molecule has 5 nitrogen and oxygen atoms in total. The number of aliphatic hydroxyl groups excluding tert-OH is 1. The Bertz CT molecular complexity index is 457. The van der Waals surface area contributed by atoms with Crippen LogP contribution in [0.15, 0.2) is 30.3 Å². The van der Waals surface area contributed by atoms with Gasteiger partial charge in [-0.05, 0) is 19.4 Å². The van der Waals surface area contributed by atoms with Crippen molar-refractivity contribution in [1.29, 1.82) is 0 Å². The Morgan fingerprint density at radius 1 is 1.19 bits per heavy atom. The number of hydrogen-bond donors (Lipinski definition) is 1. The maximum atomic E-state index is 9.68. The highest BCUT2D eigenvalue weighted by atomic mass is 16.8. The van der Waals surface area contributed by atoms with E-state index < -0.39 is 17.7 Å². The molecule has 21 heavy (non-hydrogen) atoms. The molecule has 0 radical (unpaired) electrons. The molecule has 0 saturated carbocycles. The van der Waals surface area contributed by atoms with Crippen LogP contribution in [0.2, 0.25) is 0 Å². The smallest absolute Gasteiger partial charge is 0.188 e. The predicted octanol–water partition coefficient (Wildman–Crippen LogP) is 1.83. The van der Waals surface area contributed by atoms with E-state index >= 15 is 0 Å². The normalized spacial score (nSPS) is 34.0. The number of ether oxygens (including phenoxy) is 4. The molecule has 2 aliphatic heterocycles. The molecule has 1 aromatic rings. The van der Waals surface area contributed by atoms with E-state index in [2.05, 4.69) is 0 Å². The molecule has 2 fully saturated rings. The zero-order chi connectivity index (χ0) is 14.9. The van der Waals surface area contributed by atoms with Crippen molar-refractivity contribution in [2.75, 3.05) is 13.2 Å². The summed E-state index contributed by atoms with van der Waals surface area (Å²) in [5, 5.41) is 9.68. The number of aliphatic hydroxyl groups is 1. The molecule has 0 amide bonds. The first-order valence-corrected chi connectivity index (χ1v) is 7.28. The van der Waals surface area contributed by atoms with Gasteiger partial charge in [0.25, 0.3) is 0 Å². The van der Waals surface area contributed by atoms with Gasteiger partial charge in [0.05, 0.1) is 19.8 Å². The fourth-order valence-electron chi connectivity index (χ4n) is 2.87. The molecule has 5 heteroatoms. The Morgan fingerprint density at radius 2 is 1.95 bits per heavy atom. The second-order valence-corrected chi connectivity index (χ2v) is 6.18. The fraction of sp³-hybridized carbons (Fsp3) is 0.625. The van der Waals surface area contributed by atoms with E-state index in [1.54, 1.807) is 0 Å². The van der Waals surface area contributed by atoms with E-state index in [0.717, 1.165) is 5.56 Å². The van der Waals surface area contributed by atoms with Crippen molar-refractivity contribution in [3.8, 4) is 0 Å². The average molecular weight is 294 g/mol. The Hall–Kier alpha value is -0.980. The van der Waals surface area contributed by atoms with Gasteiger partial charge < -0.3 is 24.1 Å². The van der Waals surface area contributed by atoms with Crippen LogP contribution >= 0.6 is 0 Å². The van der Waals surface area contributed by atoms with Crippen LogP contribution in [0.1, 0.15) is 25.8 Å². The van der Waals surface area contributed by atoms with Crippen molar-refractivity contribution in [2.45, 2.75) is 50.7 Å². The predicted molar refractivity (Wildman–Crippen MR) is 75.4 cm³/mol. The van der Waals surface area contributed by atoms with E-state index in [1.807, 2.05) is 44.2 Å². The highest BCUT2D eigenvalue weighted by Crippen LogP contribution is 2.42. The van der Waals surface area contributed by atoms with E-state index in [-0.39, 0.29) is 12.7 Å². The van der Waals surface area contributed by atoms with Gasteiger partial charge in [-0.25, -0.2) is 0 Å². The highest BCUT2D eigenvalue weighted by Gasteiger charge is 2.55. The maximum Gasteiger partial charge on any atom is 0.188 e. The van der Waals surface area contributed by atoms with Crippen molar-refractivity contribution in [1.82, 2.24) is 0 Å². The first-order valence-electron chi connectivity index (χ1n) is 7.28. The first-order chi connectivity index (χ1) is 10.0. The summed E-state index contributed by atoms with van der Waals surface area (Å²) in [6.07, 6.45) is 0.00629. The Balaban J connectivity index is 1.55. The molecule has 0 aliphatic carbocycles. The third kappa shape index (κ3) is 3.27. The molecule has 1 aromatic carbocycles. The second-order valence-electron chi connectivity index (χ2n) is 6.18. The summed E-state index contributed by atoms with van der Waals surface area (Å²) in [6.45, 7) is 4.43. The van der Waals surface area contributed by atoms with Crippen molar-refractivity contribution in [2.24, 2.45) is 0 Å². The molecule has 0 spiro atoms. The Morgan fingerprint density at radius 3 is 2.62 bits per heavy atom. The molecular weight excluding hydrogens is 272 g/mol. The van der Waals surface area contributed by atoms with Crippen LogP contribution in [0.3, 0.4) is 0 Å². The van der Waals surface area contributed by atoms with Gasteiger partial charge >= 0.3 is 0 Å². The van der Waals surface area contributed by atoms with Gasteiger partial charge in [-0.2, -0.15) is 0 Å². The second kappa shape index (κ2) is 5.66. The minimum atomic E-state index is -0.736. The lowest BCUT2D eigenvalue weighted by atomic mass is 10.0. The van der Waals surface area contributed by atoms with Crippen LogP contribution < -0.4 is 0 Å². The zero-order valence-electron chi connectivity index (χ0n) is 12.5. The summed E-state index contributed by atoms with van der Waals surface area (Å²) >= 11 is 0. The Kier molecular flexibility index (Phi) is 4.03. The Labute approximate surface area is 124 Å². The van der Waals surface area contributed by atoms with Gasteiger partial charge in [-0.3, -0.25) is 0 Å². The number of fused-ring (bicyclic) bond motifs is 1. The standard InChI is InChI=1S/C16H22O5/c1-15(2)19-13-8-16(10-17,21-14(13)20-15)11-18-9-12-6-4-3-5-7-12/h3-7,13-14,17H,8-11H2,1-2H3. The molecule has 3 atom stereocenters. The molecule has 116 valence electrons. The molecule has 1 N–H and O–H groups in total. The lowest BCUT2D eigenvalue weighted by Gasteiger charge is -2.29. The summed E-state index contributed by atoms with van der Waals surface area (Å²) in [4.78, 5) is 0. The van der Waals surface area contributed by atoms with Crippen molar-refractivity contribution in [3.05, 3.63) is 35.9 Å². The maximum absolute atomic E-state index is 9.68. The van der Waals surface area contributed by atoms with E-state index in [0.29, 0.717) is 19.6 Å². The van der Waals surface area contributed by atoms with E-state index in [4.69, 9.17) is 18.9 Å². The molecule has 0 bridgehead atoms. The number of hydrogen-bond acceptors (Lipinski definition) is 5. The third-order valence-electron chi connectivity index (χ3n) is 3.84. The minimum Gasteiger partial charge on any atom is -0.393 e. The van der Waals surface area contributed by atoms with Gasteiger partial charge in [-0.15, -0.1) is 0 Å². The number of rotatable bonds is 5. The fourth-order valence-corrected chi connectivity index (χ4v) is 2.87. The molecular formula is C16H22O5. The summed E-state index contributed by atoms with van der Waals surface area (Å²) in [5.41, 5.74) is 0.359. The monoisotopic (exact) mass is 294 g/mol. The van der Waals surface area contributed by atoms with Crippen molar-refractivity contribution < 1.29 is 24.1 Å². The molecule has 2 aliphatic rings. The summed E-state index contributed by atoms with van der Waals surface area (Å²) in [7, 11) is 0. The van der Waals surface area contributed by atoms with Gasteiger partial charge in [0, 0.05) is 6.42 Å². The molecule has 2 heterocycles. The van der Waals surface area contributed by atoms with Crippen LogP contribution in [0.4, 0.5) is 0 Å². The molecule has 0 aromatic heterocycles. The lowest BCUT2D eigenvalue weighted by molar-refractivity contribution is -0.239. The summed E-state index contributed by atoms with van der Waals surface area (Å²) in [5.74, 6) is -0.623. The first kappa shape index (κ1) is 14.9. The van der Waals surface area contributed by atoms with Crippen LogP contribution in [0.25, 0.3) is 0 Å². The minimum absolute atomic E-state index is 0.109. The van der Waals surface area contributed by atoms with Crippen LogP contribution in [-0.4, -0.2) is 42.1 Å². The van der Waals surface area contributed by atoms with Gasteiger partial charge in [-0.1, -0.05) is 30.3 Å². The van der Waals surface area contributed by atoms with Crippen molar-refractivity contribution in [3.63, 3.8) is 0 Å². The lowest BCUT2D eigenvalue weighted by Crippen LogP contribution is -2.41. The highest BCUT2D eigenvalue weighted by molar-refractivity contribution is 5.13. The largest absolute Gasteiger partial charge is 0.393 e. The molecule has 3 rings (SSSR count). The van der Waals surface area contributed by atoms with E-state index in [9.17, 15) is 5.11 Å². The van der Waals surface area contributed by atoms with Crippen LogP contribution in [-0.2, 0) is 25.6 Å². The third-order valence-corrected chi connectivity index (χ3v) is 3.84. The summed E-state index contributed by atoms with van der Waals surface area (Å²) < 4.78 is 23.1. The van der Waals surface area contributed by atoms with Crippen LogP contribution in [0, 0.1) is 0 Å². The molecule has 2 saturated heterocycles. The van der Waals surface area contributed by atoms with Crippen molar-refractivity contribution >= 4 is 0 Å². The van der Waals surface area contributed by atoms with E-state index in [1.165, 1.54) is 0 Å². The van der Waals surface area contributed by atoms with Crippen LogP contribution in [0.5, 0.6) is 0 Å². The van der Waals surface area contributed by atoms with Gasteiger partial charge in [0.2, 0.25) is 0 Å². The number of benzene rings is 1. The quantitative estimate of drug-likeness (QED) is 0.898. The topological polar surface area (TPSA) is 57.2 Å². The molecule has 3 unspecified atom stereocenters. The average Bonchev–Trinajstić information content (AvgIpc) is 2.90. The van der Waals surface area contributed by atoms with Gasteiger partial charge in [0.1, 0.15) is 11.7 Å². The van der Waals surface area contributed by atoms with Gasteiger partial charge in [0.15, 0.2) is 12.1 Å².